The zero-order chi connectivity index (χ0) is 14.5. The Kier molecular flexibility index (Phi) is 4.90. The van der Waals surface area contributed by atoms with Gasteiger partial charge in [-0.25, -0.2) is 0 Å². The average molecular weight is 291 g/mol. The molecule has 0 spiro atoms. The molecule has 4 heteroatoms. The zero-order valence-electron chi connectivity index (χ0n) is 10.7. The Bertz CT molecular complexity index is 566. The van der Waals surface area contributed by atoms with Gasteiger partial charge in [0.05, 0.1) is 12.0 Å². The summed E-state index contributed by atoms with van der Waals surface area (Å²) in [5.74, 6) is -0.129. The van der Waals surface area contributed by atoms with Crippen LogP contribution in [0.2, 0.25) is 0 Å². The lowest BCUT2D eigenvalue weighted by Gasteiger charge is -2.15. The zero-order valence-corrected chi connectivity index (χ0v) is 11.5. The lowest BCUT2D eigenvalue weighted by atomic mass is 9.99. The summed E-state index contributed by atoms with van der Waals surface area (Å²) in [5.41, 5.74) is 1.68. The molecule has 104 valence electrons. The number of hydrogen-bond donors (Lipinski definition) is 2. The molecule has 0 fully saturated rings. The van der Waals surface area contributed by atoms with Crippen molar-refractivity contribution in [2.45, 2.75) is 12.2 Å². The SMILES string of the molecule is O=C(c1ccccc1)c1ccc(C(O)C(O)CCl)cc1. The molecular weight excluding hydrogens is 276 g/mol. The molecule has 0 aliphatic heterocycles. The van der Waals surface area contributed by atoms with Crippen LogP contribution < -0.4 is 0 Å². The number of alkyl halides is 1. The van der Waals surface area contributed by atoms with Gasteiger partial charge < -0.3 is 10.2 Å². The fourth-order valence-electron chi connectivity index (χ4n) is 1.89. The maximum atomic E-state index is 12.2. The highest BCUT2D eigenvalue weighted by Gasteiger charge is 2.17. The van der Waals surface area contributed by atoms with Crippen LogP contribution in [0.3, 0.4) is 0 Å². The number of rotatable bonds is 5. The molecule has 2 unspecified atom stereocenters. The Morgan fingerprint density at radius 3 is 2.05 bits per heavy atom. The number of aliphatic hydroxyl groups is 2. The summed E-state index contributed by atoms with van der Waals surface area (Å²) in [6.45, 7) is 0. The molecule has 2 aromatic carbocycles. The molecule has 2 rings (SSSR count). The summed E-state index contributed by atoms with van der Waals surface area (Å²) < 4.78 is 0. The molecule has 2 atom stereocenters. The van der Waals surface area contributed by atoms with Crippen molar-refractivity contribution in [1.82, 2.24) is 0 Å². The van der Waals surface area contributed by atoms with Crippen LogP contribution in [-0.4, -0.2) is 28.0 Å². The van der Waals surface area contributed by atoms with Crippen molar-refractivity contribution >= 4 is 17.4 Å². The van der Waals surface area contributed by atoms with E-state index in [0.717, 1.165) is 0 Å². The van der Waals surface area contributed by atoms with Gasteiger partial charge in [-0.1, -0.05) is 54.6 Å². The van der Waals surface area contributed by atoms with Crippen molar-refractivity contribution in [2.75, 3.05) is 5.88 Å². The largest absolute Gasteiger partial charge is 0.389 e. The highest BCUT2D eigenvalue weighted by molar-refractivity contribution is 6.18. The average Bonchev–Trinajstić information content (AvgIpc) is 2.53. The molecule has 0 saturated heterocycles. The van der Waals surface area contributed by atoms with E-state index in [4.69, 9.17) is 11.6 Å². The third kappa shape index (κ3) is 3.25. The predicted octanol–water partition coefficient (Wildman–Crippen LogP) is 2.55. The second kappa shape index (κ2) is 6.66. The maximum Gasteiger partial charge on any atom is 0.193 e. The first-order valence-corrected chi connectivity index (χ1v) is 6.78. The minimum Gasteiger partial charge on any atom is -0.389 e. The van der Waals surface area contributed by atoms with Crippen LogP contribution in [0.25, 0.3) is 0 Å². The number of aliphatic hydroxyl groups excluding tert-OH is 2. The molecule has 0 aliphatic carbocycles. The van der Waals surface area contributed by atoms with E-state index in [1.165, 1.54) is 0 Å². The first kappa shape index (κ1) is 14.7. The third-order valence-corrected chi connectivity index (χ3v) is 3.39. The first-order chi connectivity index (χ1) is 9.63. The van der Waals surface area contributed by atoms with Crippen molar-refractivity contribution in [2.24, 2.45) is 0 Å². The molecular formula is C16H15ClO3. The van der Waals surface area contributed by atoms with Gasteiger partial charge in [0.25, 0.3) is 0 Å². The lowest BCUT2D eigenvalue weighted by molar-refractivity contribution is 0.0327. The highest BCUT2D eigenvalue weighted by atomic mass is 35.5. The van der Waals surface area contributed by atoms with Gasteiger partial charge in [0.15, 0.2) is 5.78 Å². The van der Waals surface area contributed by atoms with Crippen LogP contribution in [0.5, 0.6) is 0 Å². The summed E-state index contributed by atoms with van der Waals surface area (Å²) in [4.78, 5) is 12.2. The van der Waals surface area contributed by atoms with Crippen LogP contribution in [0, 0.1) is 0 Å². The van der Waals surface area contributed by atoms with Gasteiger partial charge in [0.2, 0.25) is 0 Å². The summed E-state index contributed by atoms with van der Waals surface area (Å²) in [7, 11) is 0. The molecule has 0 radical (unpaired) electrons. The van der Waals surface area contributed by atoms with Crippen LogP contribution in [0.1, 0.15) is 27.6 Å². The predicted molar refractivity (Wildman–Crippen MR) is 78.0 cm³/mol. The molecule has 0 aliphatic rings. The summed E-state index contributed by atoms with van der Waals surface area (Å²) in [5, 5.41) is 19.3. The van der Waals surface area contributed by atoms with Crippen LogP contribution >= 0.6 is 11.6 Å². The van der Waals surface area contributed by atoms with Gasteiger partial charge in [-0.3, -0.25) is 4.79 Å². The molecule has 3 nitrogen and oxygen atoms in total. The number of benzene rings is 2. The minimum atomic E-state index is -1.05. The third-order valence-electron chi connectivity index (χ3n) is 3.07. The Labute approximate surface area is 122 Å². The number of ketones is 1. The van der Waals surface area contributed by atoms with E-state index < -0.39 is 12.2 Å². The van der Waals surface area contributed by atoms with E-state index in [1.807, 2.05) is 18.2 Å². The van der Waals surface area contributed by atoms with E-state index in [2.05, 4.69) is 0 Å². The summed E-state index contributed by atoms with van der Waals surface area (Å²) in [6.07, 6.45) is -2.07. The van der Waals surface area contributed by atoms with Gasteiger partial charge in [0.1, 0.15) is 6.10 Å². The lowest BCUT2D eigenvalue weighted by Crippen LogP contribution is -2.19. The van der Waals surface area contributed by atoms with Gasteiger partial charge >= 0.3 is 0 Å². The monoisotopic (exact) mass is 290 g/mol. The fourth-order valence-corrected chi connectivity index (χ4v) is 2.06. The standard InChI is InChI=1S/C16H15ClO3/c17-10-14(18)16(20)13-8-6-12(7-9-13)15(19)11-4-2-1-3-5-11/h1-9,14,16,18,20H,10H2. The minimum absolute atomic E-state index is 0.0497. The molecule has 0 bridgehead atoms. The first-order valence-electron chi connectivity index (χ1n) is 6.25. The van der Waals surface area contributed by atoms with E-state index in [0.29, 0.717) is 16.7 Å². The van der Waals surface area contributed by atoms with Crippen molar-refractivity contribution in [1.29, 1.82) is 0 Å². The molecule has 0 saturated carbocycles. The topological polar surface area (TPSA) is 57.5 Å². The van der Waals surface area contributed by atoms with Crippen molar-refractivity contribution in [3.63, 3.8) is 0 Å². The van der Waals surface area contributed by atoms with Crippen molar-refractivity contribution in [3.05, 3.63) is 71.3 Å². The molecule has 0 aromatic heterocycles. The molecule has 20 heavy (non-hydrogen) atoms. The number of hydrogen-bond acceptors (Lipinski definition) is 3. The molecule has 2 N–H and O–H groups in total. The second-order valence-corrected chi connectivity index (χ2v) is 4.79. The Morgan fingerprint density at radius 1 is 0.950 bits per heavy atom. The Hall–Kier alpha value is -1.68. The van der Waals surface area contributed by atoms with Gasteiger partial charge in [-0.15, -0.1) is 11.6 Å². The maximum absolute atomic E-state index is 12.2. The smallest absolute Gasteiger partial charge is 0.193 e. The van der Waals surface area contributed by atoms with E-state index >= 15 is 0 Å². The number of halogens is 1. The van der Waals surface area contributed by atoms with Crippen molar-refractivity contribution in [3.8, 4) is 0 Å². The normalized spacial score (nSPS) is 13.8. The highest BCUT2D eigenvalue weighted by Crippen LogP contribution is 2.19. The molecule has 2 aromatic rings. The van der Waals surface area contributed by atoms with Gasteiger partial charge in [-0.2, -0.15) is 0 Å². The molecule has 0 heterocycles. The Balaban J connectivity index is 2.18. The van der Waals surface area contributed by atoms with Crippen LogP contribution in [0.15, 0.2) is 54.6 Å². The summed E-state index contributed by atoms with van der Waals surface area (Å²) >= 11 is 5.49. The number of carbonyl (C=O) groups is 1. The van der Waals surface area contributed by atoms with Crippen molar-refractivity contribution < 1.29 is 15.0 Å². The van der Waals surface area contributed by atoms with Gasteiger partial charge in [0, 0.05) is 11.1 Å². The summed E-state index contributed by atoms with van der Waals surface area (Å²) in [6, 6.07) is 15.5. The van der Waals surface area contributed by atoms with E-state index in [-0.39, 0.29) is 11.7 Å². The fraction of sp³-hybridized carbons (Fsp3) is 0.188. The number of carbonyl (C=O) groups excluding carboxylic acids is 1. The van der Waals surface area contributed by atoms with Gasteiger partial charge in [-0.05, 0) is 5.56 Å². The quantitative estimate of drug-likeness (QED) is 0.657. The Morgan fingerprint density at radius 2 is 1.50 bits per heavy atom. The molecule has 0 amide bonds. The second-order valence-electron chi connectivity index (χ2n) is 4.48. The van der Waals surface area contributed by atoms with Crippen LogP contribution in [-0.2, 0) is 0 Å². The van der Waals surface area contributed by atoms with E-state index in [9.17, 15) is 15.0 Å². The van der Waals surface area contributed by atoms with Crippen LogP contribution in [0.4, 0.5) is 0 Å². The van der Waals surface area contributed by atoms with E-state index in [1.54, 1.807) is 36.4 Å².